The maximum absolute atomic E-state index is 12.4. The summed E-state index contributed by atoms with van der Waals surface area (Å²) in [5.41, 5.74) is 2.51. The van der Waals surface area contributed by atoms with Crippen molar-refractivity contribution >= 4 is 64.8 Å². The predicted octanol–water partition coefficient (Wildman–Crippen LogP) is 4.05. The van der Waals surface area contributed by atoms with Gasteiger partial charge in [0.25, 0.3) is 0 Å². The fourth-order valence-corrected chi connectivity index (χ4v) is 3.80. The topological polar surface area (TPSA) is 120 Å². The molecule has 3 aromatic rings. The van der Waals surface area contributed by atoms with Gasteiger partial charge in [0, 0.05) is 53.7 Å². The summed E-state index contributed by atoms with van der Waals surface area (Å²) in [5.74, 6) is -0.940. The summed E-state index contributed by atoms with van der Waals surface area (Å²) in [6, 6.07) is 19.6. The van der Waals surface area contributed by atoms with Crippen LogP contribution in [0.3, 0.4) is 0 Å². The van der Waals surface area contributed by atoms with Gasteiger partial charge in [-0.2, -0.15) is 0 Å². The number of unbranched alkanes of at least 4 members (excludes halogenated alkanes) is 1. The van der Waals surface area contributed by atoms with Gasteiger partial charge in [0.2, 0.25) is 11.8 Å². The van der Waals surface area contributed by atoms with Crippen LogP contribution in [0.1, 0.15) is 37.3 Å². The van der Waals surface area contributed by atoms with E-state index in [1.165, 1.54) is 0 Å². The van der Waals surface area contributed by atoms with Crippen molar-refractivity contribution in [3.63, 3.8) is 0 Å². The number of nitrogens with zero attached hydrogens (tertiary/aromatic N) is 1. The van der Waals surface area contributed by atoms with Crippen LogP contribution in [0, 0.1) is 0 Å². The largest absolute Gasteiger partial charge is 0.481 e. The number of benzene rings is 2. The zero-order valence-corrected chi connectivity index (χ0v) is 23.5. The van der Waals surface area contributed by atoms with E-state index < -0.39 is 17.9 Å². The van der Waals surface area contributed by atoms with Crippen LogP contribution >= 0.6 is 11.6 Å². The van der Waals surface area contributed by atoms with Crippen molar-refractivity contribution in [3.05, 3.63) is 83.5 Å². The molecular weight excluding hydrogens is 503 g/mol. The van der Waals surface area contributed by atoms with E-state index in [1.54, 1.807) is 24.4 Å². The smallest absolute Gasteiger partial charge is 0.305 e. The fraction of sp³-hybridized carbons (Fsp3) is 0.259. The number of halogens is 1. The Morgan fingerprint density at radius 2 is 1.70 bits per heavy atom. The van der Waals surface area contributed by atoms with Crippen LogP contribution < -0.4 is 16.0 Å². The molecule has 4 N–H and O–H groups in total. The molecule has 1 radical (unpaired) electrons. The van der Waals surface area contributed by atoms with Crippen molar-refractivity contribution in [3.8, 4) is 11.1 Å². The Morgan fingerprint density at radius 3 is 2.38 bits per heavy atom. The van der Waals surface area contributed by atoms with Gasteiger partial charge >= 0.3 is 5.97 Å². The molecule has 0 aliphatic carbocycles. The Hall–Kier alpha value is -2.91. The van der Waals surface area contributed by atoms with Crippen LogP contribution in [-0.4, -0.2) is 70.5 Å². The van der Waals surface area contributed by atoms with Crippen LogP contribution in [-0.2, 0) is 14.4 Å². The molecule has 2 amide bonds. The average Bonchev–Trinajstić information content (AvgIpc) is 2.87. The Bertz CT molecular complexity index is 1160. The van der Waals surface area contributed by atoms with E-state index in [-0.39, 0.29) is 48.4 Å². The molecule has 0 saturated carbocycles. The average molecular weight is 532 g/mol. The maximum Gasteiger partial charge on any atom is 0.305 e. The molecule has 8 nitrogen and oxygen atoms in total. The third kappa shape index (κ3) is 10.9. The van der Waals surface area contributed by atoms with Crippen molar-refractivity contribution in [2.75, 3.05) is 18.4 Å². The van der Waals surface area contributed by atoms with Crippen molar-refractivity contribution in [1.82, 2.24) is 15.6 Å². The summed E-state index contributed by atoms with van der Waals surface area (Å²) in [5, 5.41) is 18.4. The second-order valence-electron chi connectivity index (χ2n) is 8.23. The van der Waals surface area contributed by atoms with Crippen LogP contribution in [0.5, 0.6) is 0 Å². The fourth-order valence-electron chi connectivity index (χ4n) is 3.61. The molecule has 0 bridgehead atoms. The van der Waals surface area contributed by atoms with E-state index in [0.29, 0.717) is 30.0 Å². The van der Waals surface area contributed by atoms with Crippen molar-refractivity contribution < 1.29 is 19.5 Å². The summed E-state index contributed by atoms with van der Waals surface area (Å²) in [4.78, 5) is 40.0. The number of carbonyl (C=O) groups excluding carboxylic acids is 2. The summed E-state index contributed by atoms with van der Waals surface area (Å²) in [7, 11) is 0. The molecule has 2 aromatic carbocycles. The summed E-state index contributed by atoms with van der Waals surface area (Å²) >= 11 is 6.06. The van der Waals surface area contributed by atoms with E-state index >= 15 is 0 Å². The van der Waals surface area contributed by atoms with Crippen LogP contribution in [0.25, 0.3) is 11.1 Å². The van der Waals surface area contributed by atoms with Crippen LogP contribution in [0.15, 0.2) is 72.9 Å². The molecule has 10 heteroatoms. The van der Waals surface area contributed by atoms with E-state index in [2.05, 4.69) is 20.9 Å². The monoisotopic (exact) mass is 531 g/mol. The Morgan fingerprint density at radius 1 is 0.919 bits per heavy atom. The quantitative estimate of drug-likeness (QED) is 0.195. The van der Waals surface area contributed by atoms with Gasteiger partial charge in [0.05, 0.1) is 19.0 Å². The first-order chi connectivity index (χ1) is 17.4. The van der Waals surface area contributed by atoms with Gasteiger partial charge in [-0.1, -0.05) is 54.1 Å². The standard InChI is InChI=1S/C27H29ClN4O4.Na/c28-22-7-5-6-21(16-22)19-10-12-20(13-11-19)23(17-27(35)36)32-26(34)18-31-25(33)9-2-4-15-30-24-8-1-3-14-29-24;/h1,3,5-8,10-14,16,23H,2,4,9,15,17-18H2,(H,29,30)(H,31,33)(H,32,34)(H,35,36);. The van der Waals surface area contributed by atoms with Gasteiger partial charge in [0.15, 0.2) is 0 Å². The number of hydrogen-bond acceptors (Lipinski definition) is 5. The molecule has 1 aromatic heterocycles. The van der Waals surface area contributed by atoms with Crippen molar-refractivity contribution in [2.24, 2.45) is 0 Å². The van der Waals surface area contributed by atoms with Gasteiger partial charge in [-0.25, -0.2) is 4.98 Å². The number of pyridine rings is 1. The number of nitrogens with one attached hydrogen (secondary N) is 3. The zero-order chi connectivity index (χ0) is 25.8. The molecule has 1 heterocycles. The van der Waals surface area contributed by atoms with Gasteiger partial charge < -0.3 is 21.1 Å². The number of amides is 2. The molecule has 37 heavy (non-hydrogen) atoms. The van der Waals surface area contributed by atoms with Crippen molar-refractivity contribution in [1.29, 1.82) is 0 Å². The van der Waals surface area contributed by atoms with Crippen LogP contribution in [0.2, 0.25) is 5.02 Å². The number of aliphatic carboxylic acids is 1. The first-order valence-corrected chi connectivity index (χ1v) is 12.1. The number of rotatable bonds is 13. The molecule has 1 unspecified atom stereocenters. The molecule has 0 spiro atoms. The number of aromatic nitrogens is 1. The second kappa shape index (κ2) is 16.0. The molecule has 0 aliphatic heterocycles. The molecule has 0 fully saturated rings. The minimum absolute atomic E-state index is 0. The first kappa shape index (κ1) is 30.3. The predicted molar refractivity (Wildman–Crippen MR) is 145 cm³/mol. The van der Waals surface area contributed by atoms with Gasteiger partial charge in [-0.15, -0.1) is 0 Å². The molecular formula is C27H29ClN4NaO4. The number of carboxylic acids is 1. The van der Waals surface area contributed by atoms with Crippen LogP contribution in [0.4, 0.5) is 5.82 Å². The van der Waals surface area contributed by atoms with E-state index in [1.807, 2.05) is 48.5 Å². The Labute approximate surface area is 243 Å². The summed E-state index contributed by atoms with van der Waals surface area (Å²) in [6.45, 7) is 0.472. The third-order valence-corrected chi connectivity index (χ3v) is 5.67. The van der Waals surface area contributed by atoms with Gasteiger partial charge in [-0.05, 0) is 53.8 Å². The number of anilines is 1. The number of carbonyl (C=O) groups is 3. The van der Waals surface area contributed by atoms with Crippen molar-refractivity contribution in [2.45, 2.75) is 31.7 Å². The normalized spacial score (nSPS) is 11.1. The van der Waals surface area contributed by atoms with E-state index in [4.69, 9.17) is 11.6 Å². The minimum Gasteiger partial charge on any atom is -0.481 e. The van der Waals surface area contributed by atoms with E-state index in [0.717, 1.165) is 23.4 Å². The second-order valence-corrected chi connectivity index (χ2v) is 8.66. The van der Waals surface area contributed by atoms with Gasteiger partial charge in [-0.3, -0.25) is 14.4 Å². The maximum atomic E-state index is 12.4. The Balaban J connectivity index is 0.00000481. The SMILES string of the molecule is O=C(O)CC(NC(=O)CNC(=O)CCCCNc1ccccn1)c1ccc(-c2cccc(Cl)c2)cc1.[Na]. The van der Waals surface area contributed by atoms with E-state index in [9.17, 15) is 19.5 Å². The van der Waals surface area contributed by atoms with Gasteiger partial charge in [0.1, 0.15) is 5.82 Å². The first-order valence-electron chi connectivity index (χ1n) is 11.7. The Kier molecular flexibility index (Phi) is 13.1. The molecule has 0 saturated heterocycles. The molecule has 3 rings (SSSR count). The number of hydrogen-bond donors (Lipinski definition) is 4. The molecule has 1 atom stereocenters. The zero-order valence-electron chi connectivity index (χ0n) is 20.7. The molecule has 189 valence electrons. The summed E-state index contributed by atoms with van der Waals surface area (Å²) < 4.78 is 0. The molecule has 0 aliphatic rings. The summed E-state index contributed by atoms with van der Waals surface area (Å²) in [6.07, 6.45) is 3.16. The third-order valence-electron chi connectivity index (χ3n) is 5.43. The number of carboxylic acid groups (broad SMARTS) is 1. The minimum atomic E-state index is -1.04.